The van der Waals surface area contributed by atoms with Crippen LogP contribution < -0.4 is 11.1 Å². The number of nitrogens with one attached hydrogen (secondary N) is 1. The number of nitrogens with two attached hydrogens (primary N) is 1. The van der Waals surface area contributed by atoms with E-state index in [1.54, 1.807) is 0 Å². The molecule has 1 aromatic rings. The largest absolute Gasteiger partial charge is 0.477 e. The summed E-state index contributed by atoms with van der Waals surface area (Å²) in [6.07, 6.45) is 0. The zero-order chi connectivity index (χ0) is 23.6. The van der Waals surface area contributed by atoms with Crippen LogP contribution in [0.4, 0.5) is 5.13 Å². The number of esters is 1. The maximum absolute atomic E-state index is 12.8. The number of thioether (sulfide) groups is 1. The number of carboxylic acids is 1. The number of anilines is 1. The van der Waals surface area contributed by atoms with E-state index in [0.29, 0.717) is 0 Å². The molecular formula is C16H18N5O8PS2. The molecule has 1 aromatic heterocycles. The molecule has 32 heavy (non-hydrogen) atoms. The Morgan fingerprint density at radius 3 is 2.75 bits per heavy atom. The van der Waals surface area contributed by atoms with Crippen molar-refractivity contribution in [2.75, 3.05) is 24.8 Å². The van der Waals surface area contributed by atoms with Crippen LogP contribution in [0.2, 0.25) is 0 Å². The van der Waals surface area contributed by atoms with Gasteiger partial charge in [-0.25, -0.2) is 9.78 Å². The van der Waals surface area contributed by atoms with E-state index < -0.39 is 43.2 Å². The third kappa shape index (κ3) is 4.95. The van der Waals surface area contributed by atoms with Crippen LogP contribution in [0.1, 0.15) is 12.6 Å². The van der Waals surface area contributed by atoms with Crippen molar-refractivity contribution < 1.29 is 38.2 Å². The summed E-state index contributed by atoms with van der Waals surface area (Å²) in [6, 6.07) is -1.04. The topological polar surface area (TPSA) is 191 Å². The fourth-order valence-electron chi connectivity index (χ4n) is 2.90. The van der Waals surface area contributed by atoms with Crippen molar-refractivity contribution in [1.29, 1.82) is 0 Å². The number of thiazole rings is 1. The van der Waals surface area contributed by atoms with Gasteiger partial charge in [-0.1, -0.05) is 5.16 Å². The second-order valence-corrected chi connectivity index (χ2v) is 9.65. The number of β-lactam (4-membered cyclic amide) rings is 1. The third-order valence-corrected chi connectivity index (χ3v) is 6.59. The number of nitrogens with zero attached hydrogens (tertiary/aromatic N) is 3. The maximum atomic E-state index is 12.8. The number of aliphatic carboxylic acids is 1. The van der Waals surface area contributed by atoms with E-state index in [2.05, 4.69) is 15.5 Å². The maximum Gasteiger partial charge on any atom is 0.352 e. The number of rotatable bonds is 8. The molecule has 13 nitrogen and oxygen atoms in total. The Kier molecular flexibility index (Phi) is 7.21. The van der Waals surface area contributed by atoms with Gasteiger partial charge in [0.25, 0.3) is 19.8 Å². The van der Waals surface area contributed by atoms with Crippen LogP contribution in [-0.2, 0) is 33.1 Å². The van der Waals surface area contributed by atoms with Gasteiger partial charge < -0.3 is 25.5 Å². The number of amides is 2. The van der Waals surface area contributed by atoms with Gasteiger partial charge in [-0.2, -0.15) is 0 Å². The molecule has 1 saturated heterocycles. The number of aromatic nitrogens is 1. The predicted molar refractivity (Wildman–Crippen MR) is 115 cm³/mol. The highest BCUT2D eigenvalue weighted by molar-refractivity contribution is 8.00. The fourth-order valence-corrected chi connectivity index (χ4v) is 5.00. The lowest BCUT2D eigenvalue weighted by Crippen LogP contribution is -2.71. The lowest BCUT2D eigenvalue weighted by molar-refractivity contribution is -0.150. The Hall–Kier alpha value is -2.90. The quantitative estimate of drug-likeness (QED) is 0.141. The summed E-state index contributed by atoms with van der Waals surface area (Å²) in [5.74, 6) is -3.24. The van der Waals surface area contributed by atoms with Gasteiger partial charge in [-0.3, -0.25) is 23.8 Å². The number of oxime groups is 1. The van der Waals surface area contributed by atoms with Crippen LogP contribution in [0.25, 0.3) is 0 Å². The highest BCUT2D eigenvalue weighted by atomic mass is 32.2. The molecule has 0 spiro atoms. The molecule has 0 radical (unpaired) electrons. The van der Waals surface area contributed by atoms with E-state index >= 15 is 0 Å². The molecule has 2 aliphatic heterocycles. The molecule has 4 N–H and O–H groups in total. The normalized spacial score (nSPS) is 21.4. The average molecular weight is 503 g/mol. The lowest BCUT2D eigenvalue weighted by atomic mass is 10.0. The van der Waals surface area contributed by atoms with Crippen molar-refractivity contribution in [3.05, 3.63) is 22.3 Å². The van der Waals surface area contributed by atoms with Crippen LogP contribution in [0.15, 0.2) is 21.8 Å². The van der Waals surface area contributed by atoms with Crippen molar-refractivity contribution in [2.45, 2.75) is 18.3 Å². The molecule has 3 heterocycles. The molecule has 0 saturated carbocycles. The lowest BCUT2D eigenvalue weighted by Gasteiger charge is -2.49. The first-order chi connectivity index (χ1) is 15.1. The Bertz CT molecular complexity index is 1070. The smallest absolute Gasteiger partial charge is 0.352 e. The van der Waals surface area contributed by atoms with Gasteiger partial charge in [0.15, 0.2) is 10.8 Å². The zero-order valence-electron chi connectivity index (χ0n) is 16.7. The minimum Gasteiger partial charge on any atom is -0.477 e. The molecule has 0 aromatic carbocycles. The highest BCUT2D eigenvalue weighted by Crippen LogP contribution is 2.40. The van der Waals surface area contributed by atoms with Gasteiger partial charge in [0, 0.05) is 30.3 Å². The van der Waals surface area contributed by atoms with Gasteiger partial charge in [-0.05, 0) is 0 Å². The van der Waals surface area contributed by atoms with E-state index in [1.807, 2.05) is 0 Å². The molecule has 2 amide bonds. The summed E-state index contributed by atoms with van der Waals surface area (Å²) in [7, 11) is -2.51. The van der Waals surface area contributed by atoms with E-state index in [-0.39, 0.29) is 40.2 Å². The minimum atomic E-state index is -2.51. The zero-order valence-corrected chi connectivity index (χ0v) is 19.3. The third-order valence-electron chi connectivity index (χ3n) is 4.23. The number of fused-ring (bicyclic) bond motifs is 1. The van der Waals surface area contributed by atoms with Crippen molar-refractivity contribution >= 4 is 65.7 Å². The number of nitrogen functional groups attached to an aromatic ring is 1. The number of ether oxygens (including phenoxy) is 1. The Labute approximate surface area is 189 Å². The Morgan fingerprint density at radius 1 is 1.47 bits per heavy atom. The molecule has 3 rings (SSSR count). The van der Waals surface area contributed by atoms with Crippen LogP contribution >= 0.6 is 31.1 Å². The van der Waals surface area contributed by atoms with Crippen LogP contribution in [0, 0.1) is 0 Å². The van der Waals surface area contributed by atoms with Gasteiger partial charge in [0.1, 0.15) is 29.4 Å². The molecule has 0 bridgehead atoms. The monoisotopic (exact) mass is 503 g/mol. The summed E-state index contributed by atoms with van der Waals surface area (Å²) in [5, 5.41) is 16.6. The fraction of sp³-hybridized carbons (Fsp3) is 0.375. The number of hydrogen-bond donors (Lipinski definition) is 3. The van der Waals surface area contributed by atoms with E-state index in [9.17, 15) is 28.8 Å². The molecule has 172 valence electrons. The van der Waals surface area contributed by atoms with Crippen LogP contribution in [0.5, 0.6) is 0 Å². The molecular weight excluding hydrogens is 485 g/mol. The SMILES string of the molecule is CC(=O)OCC1=C(C(=O)O)N2C(=O)[C@H](NC(=O)C(=NO[PH](C)=O)c3csc(N)n3)[C@H]2SC1. The first-order valence-corrected chi connectivity index (χ1v) is 12.7. The second-order valence-electron chi connectivity index (χ2n) is 6.49. The standard InChI is InChI=1S/C16H18N5O8PS2/c1-6(22)28-3-7-4-31-14-10(13(24)21(14)11(7)15(25)26)19-12(23)9(20-29-30(2)27)8-5-32-16(17)18-8/h5,10,14,30H,3-4H2,1-2H3,(H2,17,18)(H,19,23)(H,25,26)/t10-,14+/m0/s1. The highest BCUT2D eigenvalue weighted by Gasteiger charge is 2.54. The van der Waals surface area contributed by atoms with Crippen molar-refractivity contribution in [3.8, 4) is 0 Å². The number of carbonyl (C=O) groups is 4. The molecule has 16 heteroatoms. The van der Waals surface area contributed by atoms with Crippen molar-refractivity contribution in [1.82, 2.24) is 15.2 Å². The molecule has 3 atom stereocenters. The van der Waals surface area contributed by atoms with Crippen molar-refractivity contribution in [3.63, 3.8) is 0 Å². The van der Waals surface area contributed by atoms with E-state index in [1.165, 1.54) is 30.7 Å². The molecule has 0 aliphatic carbocycles. The number of carbonyl (C=O) groups excluding carboxylic acids is 3. The van der Waals surface area contributed by atoms with Gasteiger partial charge >= 0.3 is 11.9 Å². The predicted octanol–water partition coefficient (Wildman–Crippen LogP) is -0.148. The second kappa shape index (κ2) is 9.71. The van der Waals surface area contributed by atoms with Crippen LogP contribution in [0.3, 0.4) is 0 Å². The molecule has 1 unspecified atom stereocenters. The number of hydrogen-bond acceptors (Lipinski definition) is 12. The van der Waals surface area contributed by atoms with E-state index in [0.717, 1.165) is 16.2 Å². The molecule has 1 fully saturated rings. The summed E-state index contributed by atoms with van der Waals surface area (Å²) >= 11 is 2.25. The summed E-state index contributed by atoms with van der Waals surface area (Å²) in [4.78, 5) is 53.3. The van der Waals surface area contributed by atoms with Gasteiger partial charge in [-0.15, -0.1) is 23.1 Å². The summed E-state index contributed by atoms with van der Waals surface area (Å²) < 4.78 is 20.9. The molecule has 2 aliphatic rings. The minimum absolute atomic E-state index is 0.0722. The Morgan fingerprint density at radius 2 is 2.19 bits per heavy atom. The van der Waals surface area contributed by atoms with Crippen molar-refractivity contribution in [2.24, 2.45) is 5.16 Å². The summed E-state index contributed by atoms with van der Waals surface area (Å²) in [6.45, 7) is 2.21. The first kappa shape index (κ1) is 23.8. The van der Waals surface area contributed by atoms with Crippen LogP contribution in [-0.4, -0.2) is 74.9 Å². The van der Waals surface area contributed by atoms with Gasteiger partial charge in [0.05, 0.1) is 0 Å². The number of carboxylic acid groups (broad SMARTS) is 1. The summed E-state index contributed by atoms with van der Waals surface area (Å²) in [5.41, 5.74) is 5.33. The first-order valence-electron chi connectivity index (χ1n) is 8.91. The Balaban J connectivity index is 1.79. The van der Waals surface area contributed by atoms with Gasteiger partial charge in [0.2, 0.25) is 0 Å². The van der Waals surface area contributed by atoms with E-state index in [4.69, 9.17) is 15.1 Å². The average Bonchev–Trinajstić information content (AvgIpc) is 3.15.